The summed E-state index contributed by atoms with van der Waals surface area (Å²) in [5, 5.41) is 0. The summed E-state index contributed by atoms with van der Waals surface area (Å²) in [6, 6.07) is 35.3. The van der Waals surface area contributed by atoms with Crippen LogP contribution in [0.4, 0.5) is 0 Å². The lowest BCUT2D eigenvalue weighted by Crippen LogP contribution is -2.66. The molecule has 2 fully saturated rings. The van der Waals surface area contributed by atoms with E-state index in [2.05, 4.69) is 125 Å². The average Bonchev–Trinajstić information content (AvgIpc) is 3.75. The maximum Gasteiger partial charge on any atom is 0.188 e. The van der Waals surface area contributed by atoms with Gasteiger partial charge in [-0.2, -0.15) is 0 Å². The number of allylic oxidation sites excluding steroid dienone is 1. The minimum Gasteiger partial charge on any atom is -0.477 e. The highest BCUT2D eigenvalue weighted by molar-refractivity contribution is 6.23. The third-order valence-corrected chi connectivity index (χ3v) is 10.5. The number of ketones is 1. The molecule has 2 saturated carbocycles. The van der Waals surface area contributed by atoms with Gasteiger partial charge in [0, 0.05) is 11.1 Å². The zero-order valence-corrected chi connectivity index (χ0v) is 24.9. The summed E-state index contributed by atoms with van der Waals surface area (Å²) in [6.07, 6.45) is 3.39. The third-order valence-electron chi connectivity index (χ3n) is 10.5. The standard InChI is InChI=1S/C40H36O2/c1-25-5-13-29(14-6-25)33-34(30-15-7-26(2)8-16-30)39-23-24-40(39,37(41)38(33)21-22-38)42-36(32-19-11-28(4)12-20-32)35(39)31-17-9-27(3)10-18-31/h5-20H,21-24H2,1-4H3. The van der Waals surface area contributed by atoms with Crippen LogP contribution in [0.1, 0.15) is 70.2 Å². The predicted octanol–water partition coefficient (Wildman–Crippen LogP) is 9.31. The maximum absolute atomic E-state index is 15.1. The van der Waals surface area contributed by atoms with Crippen LogP contribution in [0.3, 0.4) is 0 Å². The third kappa shape index (κ3) is 3.24. The number of rotatable bonds is 4. The fourth-order valence-electron chi connectivity index (χ4n) is 8.10. The first kappa shape index (κ1) is 25.5. The van der Waals surface area contributed by atoms with Gasteiger partial charge in [0.2, 0.25) is 0 Å². The van der Waals surface area contributed by atoms with Crippen molar-refractivity contribution in [3.8, 4) is 0 Å². The summed E-state index contributed by atoms with van der Waals surface area (Å²) in [7, 11) is 0. The number of benzene rings is 4. The Kier molecular flexibility index (Phi) is 5.27. The summed E-state index contributed by atoms with van der Waals surface area (Å²) < 4.78 is 7.23. The lowest BCUT2D eigenvalue weighted by atomic mass is 9.42. The van der Waals surface area contributed by atoms with Gasteiger partial charge in [-0.1, -0.05) is 119 Å². The highest BCUT2D eigenvalue weighted by Crippen LogP contribution is 2.80. The first-order valence-corrected chi connectivity index (χ1v) is 15.3. The molecule has 208 valence electrons. The Morgan fingerprint density at radius 2 is 0.881 bits per heavy atom. The zero-order chi connectivity index (χ0) is 28.9. The molecule has 8 rings (SSSR count). The van der Waals surface area contributed by atoms with E-state index in [0.717, 1.165) is 42.6 Å². The molecule has 1 aliphatic heterocycles. The number of carbonyl (C=O) groups excluding carboxylic acids is 1. The molecule has 1 spiro atoms. The van der Waals surface area contributed by atoms with E-state index in [0.29, 0.717) is 5.78 Å². The molecule has 0 N–H and O–H groups in total. The van der Waals surface area contributed by atoms with Gasteiger partial charge in [0.1, 0.15) is 5.76 Å². The molecule has 0 amide bonds. The van der Waals surface area contributed by atoms with E-state index in [1.165, 1.54) is 50.1 Å². The molecular weight excluding hydrogens is 512 g/mol. The Labute approximate surface area is 248 Å². The topological polar surface area (TPSA) is 26.3 Å². The van der Waals surface area contributed by atoms with E-state index in [1.807, 2.05) is 0 Å². The molecule has 2 heteroatoms. The maximum atomic E-state index is 15.1. The molecule has 4 aliphatic rings. The molecule has 0 bridgehead atoms. The van der Waals surface area contributed by atoms with Crippen molar-refractivity contribution in [1.29, 1.82) is 0 Å². The molecule has 2 unspecified atom stereocenters. The number of aryl methyl sites for hydroxylation is 4. The van der Waals surface area contributed by atoms with Crippen LogP contribution >= 0.6 is 0 Å². The number of Topliss-reactive ketones (excluding diaryl/α,β-unsaturated/α-hetero) is 1. The molecule has 4 aromatic rings. The summed E-state index contributed by atoms with van der Waals surface area (Å²) in [5.41, 5.74) is 11.2. The van der Waals surface area contributed by atoms with Crippen molar-refractivity contribution in [2.24, 2.45) is 10.8 Å². The van der Waals surface area contributed by atoms with E-state index in [9.17, 15) is 0 Å². The summed E-state index contributed by atoms with van der Waals surface area (Å²) in [6.45, 7) is 8.51. The average molecular weight is 549 g/mol. The predicted molar refractivity (Wildman–Crippen MR) is 171 cm³/mol. The highest BCUT2D eigenvalue weighted by atomic mass is 16.5. The van der Waals surface area contributed by atoms with Gasteiger partial charge < -0.3 is 4.74 Å². The second-order valence-electron chi connectivity index (χ2n) is 13.2. The Morgan fingerprint density at radius 1 is 0.476 bits per heavy atom. The number of carbonyl (C=O) groups is 1. The van der Waals surface area contributed by atoms with Crippen molar-refractivity contribution in [2.45, 2.75) is 59.0 Å². The van der Waals surface area contributed by atoms with Crippen LogP contribution in [0.5, 0.6) is 0 Å². The molecule has 2 nitrogen and oxygen atoms in total. The van der Waals surface area contributed by atoms with E-state index in [4.69, 9.17) is 4.74 Å². The minimum absolute atomic E-state index is 0.291. The van der Waals surface area contributed by atoms with Gasteiger partial charge in [0.05, 0.1) is 10.8 Å². The second-order valence-corrected chi connectivity index (χ2v) is 13.2. The molecule has 4 aromatic carbocycles. The summed E-state index contributed by atoms with van der Waals surface area (Å²) in [5.74, 6) is 1.16. The number of ether oxygens (including phenoxy) is 1. The Hall–Kier alpha value is -4.17. The monoisotopic (exact) mass is 548 g/mol. The van der Waals surface area contributed by atoms with Crippen LogP contribution < -0.4 is 0 Å². The SMILES string of the molecule is Cc1ccc(C2=C(c3ccc(C)cc3)C34CCC3(O2)C(=O)C2(CC2)C(c2ccc(C)cc2)=C4c2ccc(C)cc2)cc1. The van der Waals surface area contributed by atoms with Crippen molar-refractivity contribution in [1.82, 2.24) is 0 Å². The van der Waals surface area contributed by atoms with Gasteiger partial charge in [0.25, 0.3) is 0 Å². The number of hydrogen-bond acceptors (Lipinski definition) is 2. The summed E-state index contributed by atoms with van der Waals surface area (Å²) >= 11 is 0. The Morgan fingerprint density at radius 3 is 1.29 bits per heavy atom. The fourth-order valence-corrected chi connectivity index (χ4v) is 8.10. The lowest BCUT2D eigenvalue weighted by molar-refractivity contribution is -0.160. The lowest BCUT2D eigenvalue weighted by Gasteiger charge is -2.60. The second kappa shape index (κ2) is 8.67. The van der Waals surface area contributed by atoms with Crippen molar-refractivity contribution in [2.75, 3.05) is 0 Å². The fraction of sp³-hybridized carbons (Fsp3) is 0.275. The largest absolute Gasteiger partial charge is 0.477 e. The van der Waals surface area contributed by atoms with Gasteiger partial charge in [0.15, 0.2) is 11.4 Å². The smallest absolute Gasteiger partial charge is 0.188 e. The van der Waals surface area contributed by atoms with Gasteiger partial charge in [-0.3, -0.25) is 4.79 Å². The molecule has 0 radical (unpaired) electrons. The van der Waals surface area contributed by atoms with Crippen molar-refractivity contribution < 1.29 is 9.53 Å². The molecule has 42 heavy (non-hydrogen) atoms. The van der Waals surface area contributed by atoms with Crippen LogP contribution in [0.25, 0.3) is 22.5 Å². The van der Waals surface area contributed by atoms with Crippen LogP contribution in [-0.4, -0.2) is 11.4 Å². The normalized spacial score (nSPS) is 25.2. The summed E-state index contributed by atoms with van der Waals surface area (Å²) in [4.78, 5) is 15.1. The Bertz CT molecular complexity index is 1810. The van der Waals surface area contributed by atoms with Gasteiger partial charge in [-0.15, -0.1) is 0 Å². The zero-order valence-electron chi connectivity index (χ0n) is 24.9. The van der Waals surface area contributed by atoms with E-state index in [-0.39, 0.29) is 0 Å². The first-order chi connectivity index (χ1) is 20.3. The van der Waals surface area contributed by atoms with E-state index >= 15 is 4.79 Å². The highest BCUT2D eigenvalue weighted by Gasteiger charge is 2.80. The van der Waals surface area contributed by atoms with Gasteiger partial charge in [-0.25, -0.2) is 0 Å². The Balaban J connectivity index is 1.51. The van der Waals surface area contributed by atoms with Crippen molar-refractivity contribution in [3.05, 3.63) is 142 Å². The molecular formula is C40H36O2. The van der Waals surface area contributed by atoms with E-state index in [1.54, 1.807) is 0 Å². The molecule has 2 atom stereocenters. The quantitative estimate of drug-likeness (QED) is 0.254. The van der Waals surface area contributed by atoms with Crippen LogP contribution in [0, 0.1) is 38.5 Å². The molecule has 3 aliphatic carbocycles. The van der Waals surface area contributed by atoms with Crippen LogP contribution in [0.15, 0.2) is 97.1 Å². The van der Waals surface area contributed by atoms with E-state index < -0.39 is 16.4 Å². The molecule has 0 aromatic heterocycles. The van der Waals surface area contributed by atoms with Crippen LogP contribution in [0.2, 0.25) is 0 Å². The van der Waals surface area contributed by atoms with Crippen molar-refractivity contribution >= 4 is 28.3 Å². The molecule has 0 saturated heterocycles. The number of hydrogen-bond donors (Lipinski definition) is 0. The van der Waals surface area contributed by atoms with Gasteiger partial charge >= 0.3 is 0 Å². The van der Waals surface area contributed by atoms with Crippen LogP contribution in [-0.2, 0) is 9.53 Å². The van der Waals surface area contributed by atoms with Crippen molar-refractivity contribution in [3.63, 3.8) is 0 Å². The molecule has 1 heterocycles. The van der Waals surface area contributed by atoms with Gasteiger partial charge in [-0.05, 0) is 81.2 Å². The minimum atomic E-state index is -0.891. The first-order valence-electron chi connectivity index (χ1n) is 15.3.